The van der Waals surface area contributed by atoms with E-state index in [1.807, 2.05) is 13.0 Å². The Morgan fingerprint density at radius 3 is 2.65 bits per heavy atom. The molecule has 1 amide bonds. The molecule has 0 saturated heterocycles. The van der Waals surface area contributed by atoms with Crippen molar-refractivity contribution in [2.45, 2.75) is 6.92 Å². The first-order valence-electron chi connectivity index (χ1n) is 4.94. The number of rotatable bonds is 2. The molecule has 0 fully saturated rings. The molecule has 4 nitrogen and oxygen atoms in total. The largest absolute Gasteiger partial charge is 0.321 e. The Bertz CT molecular complexity index is 581. The van der Waals surface area contributed by atoms with Gasteiger partial charge in [-0.25, -0.2) is 0 Å². The first-order valence-corrected chi connectivity index (χ1v) is 5.71. The van der Waals surface area contributed by atoms with Crippen LogP contribution in [0.5, 0.6) is 0 Å². The molecule has 84 valence electrons. The van der Waals surface area contributed by atoms with Crippen LogP contribution in [0.4, 0.5) is 5.69 Å². The fraction of sp³-hybridized carbons (Fsp3) is 0.0833. The second-order valence-corrected chi connectivity index (χ2v) is 4.48. The maximum absolute atomic E-state index is 11.7. The van der Waals surface area contributed by atoms with Gasteiger partial charge in [-0.05, 0) is 48.8 Å². The van der Waals surface area contributed by atoms with Crippen LogP contribution >= 0.6 is 11.5 Å². The summed E-state index contributed by atoms with van der Waals surface area (Å²) in [5.74, 6) is -0.237. The van der Waals surface area contributed by atoms with E-state index in [0.717, 1.165) is 4.88 Å². The number of aryl methyl sites for hydroxylation is 1. The summed E-state index contributed by atoms with van der Waals surface area (Å²) in [7, 11) is 0. The summed E-state index contributed by atoms with van der Waals surface area (Å²) in [6.07, 6.45) is 0. The predicted molar refractivity (Wildman–Crippen MR) is 66.0 cm³/mol. The minimum Gasteiger partial charge on any atom is -0.321 e. The minimum absolute atomic E-state index is 0.237. The minimum atomic E-state index is -0.237. The molecule has 0 aliphatic rings. The summed E-state index contributed by atoms with van der Waals surface area (Å²) in [5.41, 5.74) is 1.63. The van der Waals surface area contributed by atoms with Crippen molar-refractivity contribution in [3.8, 4) is 6.07 Å². The van der Waals surface area contributed by atoms with Crippen LogP contribution in [0, 0.1) is 18.3 Å². The van der Waals surface area contributed by atoms with E-state index in [4.69, 9.17) is 5.26 Å². The molecule has 2 rings (SSSR count). The van der Waals surface area contributed by atoms with Crippen molar-refractivity contribution >= 4 is 23.1 Å². The highest BCUT2D eigenvalue weighted by molar-refractivity contribution is 7.05. The Kier molecular flexibility index (Phi) is 3.17. The van der Waals surface area contributed by atoms with Crippen LogP contribution in [0.2, 0.25) is 0 Å². The van der Waals surface area contributed by atoms with Gasteiger partial charge in [0.05, 0.1) is 11.6 Å². The zero-order valence-corrected chi connectivity index (χ0v) is 9.91. The number of hydrogen-bond donors (Lipinski definition) is 1. The third kappa shape index (κ3) is 2.68. The molecule has 0 aliphatic heterocycles. The van der Waals surface area contributed by atoms with Crippen LogP contribution in [0.15, 0.2) is 30.3 Å². The average molecular weight is 243 g/mol. The van der Waals surface area contributed by atoms with Crippen LogP contribution in [0.1, 0.15) is 20.9 Å². The van der Waals surface area contributed by atoms with Gasteiger partial charge in [-0.1, -0.05) is 0 Å². The molecule has 5 heteroatoms. The molecule has 1 heterocycles. The molecule has 0 bridgehead atoms. The van der Waals surface area contributed by atoms with Gasteiger partial charge < -0.3 is 5.32 Å². The fourth-order valence-corrected chi connectivity index (χ4v) is 1.84. The number of nitrogens with one attached hydrogen (secondary N) is 1. The second kappa shape index (κ2) is 4.76. The van der Waals surface area contributed by atoms with Gasteiger partial charge in [-0.2, -0.15) is 9.64 Å². The summed E-state index contributed by atoms with van der Waals surface area (Å²) >= 11 is 1.30. The van der Waals surface area contributed by atoms with Crippen molar-refractivity contribution in [1.29, 1.82) is 5.26 Å². The van der Waals surface area contributed by atoms with Gasteiger partial charge >= 0.3 is 0 Å². The zero-order valence-electron chi connectivity index (χ0n) is 9.10. The SMILES string of the molecule is Cc1cc(C(=O)Nc2ccc(C#N)cc2)ns1. The number of amides is 1. The lowest BCUT2D eigenvalue weighted by molar-refractivity contribution is 0.102. The molecule has 1 N–H and O–H groups in total. The lowest BCUT2D eigenvalue weighted by atomic mass is 10.2. The highest BCUT2D eigenvalue weighted by atomic mass is 32.1. The Morgan fingerprint density at radius 2 is 2.12 bits per heavy atom. The van der Waals surface area contributed by atoms with Crippen molar-refractivity contribution < 1.29 is 4.79 Å². The van der Waals surface area contributed by atoms with Crippen molar-refractivity contribution in [2.75, 3.05) is 5.32 Å². The Morgan fingerprint density at radius 1 is 1.41 bits per heavy atom. The molecule has 0 unspecified atom stereocenters. The van der Waals surface area contributed by atoms with Gasteiger partial charge in [0.1, 0.15) is 5.69 Å². The first kappa shape index (κ1) is 11.3. The van der Waals surface area contributed by atoms with E-state index in [-0.39, 0.29) is 5.91 Å². The monoisotopic (exact) mass is 243 g/mol. The average Bonchev–Trinajstić information content (AvgIpc) is 2.77. The summed E-state index contributed by atoms with van der Waals surface area (Å²) in [6, 6.07) is 10.4. The number of aromatic nitrogens is 1. The second-order valence-electron chi connectivity index (χ2n) is 3.47. The molecule has 0 atom stereocenters. The number of benzene rings is 1. The van der Waals surface area contributed by atoms with Crippen LogP contribution in [0.25, 0.3) is 0 Å². The van der Waals surface area contributed by atoms with E-state index >= 15 is 0 Å². The molecule has 0 radical (unpaired) electrons. The van der Waals surface area contributed by atoms with E-state index < -0.39 is 0 Å². The Labute approximate surface area is 103 Å². The van der Waals surface area contributed by atoms with E-state index in [9.17, 15) is 4.79 Å². The van der Waals surface area contributed by atoms with E-state index in [0.29, 0.717) is 16.9 Å². The van der Waals surface area contributed by atoms with Crippen LogP contribution in [0.3, 0.4) is 0 Å². The number of hydrogen-bond acceptors (Lipinski definition) is 4. The van der Waals surface area contributed by atoms with E-state index in [2.05, 4.69) is 9.69 Å². The van der Waals surface area contributed by atoms with E-state index in [1.54, 1.807) is 30.3 Å². The van der Waals surface area contributed by atoms with Gasteiger partial charge in [0.2, 0.25) is 0 Å². The Hall–Kier alpha value is -2.19. The smallest absolute Gasteiger partial charge is 0.275 e. The number of carbonyl (C=O) groups is 1. The van der Waals surface area contributed by atoms with Crippen LogP contribution in [-0.2, 0) is 0 Å². The highest BCUT2D eigenvalue weighted by Crippen LogP contribution is 2.12. The molecule has 17 heavy (non-hydrogen) atoms. The molecular weight excluding hydrogens is 234 g/mol. The summed E-state index contributed by atoms with van der Waals surface area (Å²) in [4.78, 5) is 12.7. The first-order chi connectivity index (χ1) is 8.19. The zero-order chi connectivity index (χ0) is 12.3. The molecule has 1 aromatic carbocycles. The maximum atomic E-state index is 11.7. The number of anilines is 1. The van der Waals surface area contributed by atoms with Crippen molar-refractivity contribution in [3.05, 3.63) is 46.5 Å². The predicted octanol–water partition coefficient (Wildman–Crippen LogP) is 2.58. The Balaban J connectivity index is 2.11. The molecular formula is C12H9N3OS. The molecule has 0 spiro atoms. The van der Waals surface area contributed by atoms with Crippen molar-refractivity contribution in [1.82, 2.24) is 4.37 Å². The topological polar surface area (TPSA) is 65.8 Å². The van der Waals surface area contributed by atoms with Gasteiger partial charge in [0.15, 0.2) is 0 Å². The standard InChI is InChI=1S/C12H9N3OS/c1-8-6-11(15-17-8)12(16)14-10-4-2-9(7-13)3-5-10/h2-6H,1H3,(H,14,16). The normalized spacial score (nSPS) is 9.65. The summed E-state index contributed by atoms with van der Waals surface area (Å²) < 4.78 is 4.02. The lowest BCUT2D eigenvalue weighted by Crippen LogP contribution is -2.11. The lowest BCUT2D eigenvalue weighted by Gasteiger charge is -2.02. The van der Waals surface area contributed by atoms with Crippen LogP contribution in [-0.4, -0.2) is 10.3 Å². The van der Waals surface area contributed by atoms with Crippen LogP contribution < -0.4 is 5.32 Å². The number of carbonyl (C=O) groups excluding carboxylic acids is 1. The third-order valence-corrected chi connectivity index (χ3v) is 2.83. The number of nitrogens with zero attached hydrogens (tertiary/aromatic N) is 2. The summed E-state index contributed by atoms with van der Waals surface area (Å²) in [6.45, 7) is 1.90. The van der Waals surface area contributed by atoms with Gasteiger partial charge in [-0.15, -0.1) is 0 Å². The number of nitriles is 1. The van der Waals surface area contributed by atoms with Gasteiger partial charge in [0.25, 0.3) is 5.91 Å². The molecule has 0 saturated carbocycles. The highest BCUT2D eigenvalue weighted by Gasteiger charge is 2.09. The third-order valence-electron chi connectivity index (χ3n) is 2.13. The molecule has 0 aliphatic carbocycles. The van der Waals surface area contributed by atoms with Gasteiger partial charge in [0, 0.05) is 10.6 Å². The maximum Gasteiger partial charge on any atom is 0.275 e. The quantitative estimate of drug-likeness (QED) is 0.881. The van der Waals surface area contributed by atoms with Gasteiger partial charge in [-0.3, -0.25) is 4.79 Å². The molecule has 1 aromatic heterocycles. The van der Waals surface area contributed by atoms with Crippen molar-refractivity contribution in [2.24, 2.45) is 0 Å². The summed E-state index contributed by atoms with van der Waals surface area (Å²) in [5, 5.41) is 11.4. The van der Waals surface area contributed by atoms with Crippen molar-refractivity contribution in [3.63, 3.8) is 0 Å². The van der Waals surface area contributed by atoms with E-state index in [1.165, 1.54) is 11.5 Å². The fourth-order valence-electron chi connectivity index (χ4n) is 1.30. The molecule has 2 aromatic rings.